The van der Waals surface area contributed by atoms with Gasteiger partial charge in [-0.05, 0) is 25.8 Å². The van der Waals surface area contributed by atoms with Crippen LogP contribution in [0.1, 0.15) is 58.3 Å². The summed E-state index contributed by atoms with van der Waals surface area (Å²) < 4.78 is 0. The van der Waals surface area contributed by atoms with E-state index in [1.165, 1.54) is 97.2 Å². The molecule has 0 aromatic rings. The van der Waals surface area contributed by atoms with Crippen LogP contribution in [0.2, 0.25) is 0 Å². The molecule has 0 aromatic heterocycles. The molecule has 2 aliphatic rings. The van der Waals surface area contributed by atoms with Crippen LogP contribution in [0.4, 0.5) is 0 Å². The average molecular weight is 281 g/mol. The molecule has 1 aliphatic heterocycles. The summed E-state index contributed by atoms with van der Waals surface area (Å²) in [4.78, 5) is 5.40. The van der Waals surface area contributed by atoms with E-state index in [1.54, 1.807) is 0 Å². The van der Waals surface area contributed by atoms with Crippen molar-refractivity contribution in [1.29, 1.82) is 0 Å². The third-order valence-electron chi connectivity index (χ3n) is 5.06. The minimum Gasteiger partial charge on any atom is -0.315 e. The predicted octanol–water partition coefficient (Wildman–Crippen LogP) is 2.72. The standard InChI is InChI=1S/C17H35N3/c1-2-3-4-7-10-18-11-12-19-13-15-20(16-14-19)17-8-5-6-9-17/h17-18H,2-16H2,1H3. The Morgan fingerprint density at radius 2 is 1.65 bits per heavy atom. The highest BCUT2D eigenvalue weighted by Gasteiger charge is 2.25. The lowest BCUT2D eigenvalue weighted by atomic mass is 10.2. The van der Waals surface area contributed by atoms with Crippen molar-refractivity contribution in [2.75, 3.05) is 45.8 Å². The second kappa shape index (κ2) is 9.75. The van der Waals surface area contributed by atoms with Gasteiger partial charge in [-0.15, -0.1) is 0 Å². The second-order valence-corrected chi connectivity index (χ2v) is 6.63. The maximum atomic E-state index is 3.60. The molecule has 0 unspecified atom stereocenters. The lowest BCUT2D eigenvalue weighted by molar-refractivity contribution is 0.0984. The lowest BCUT2D eigenvalue weighted by Crippen LogP contribution is -2.50. The van der Waals surface area contributed by atoms with E-state index in [4.69, 9.17) is 0 Å². The molecule has 0 aromatic carbocycles. The van der Waals surface area contributed by atoms with Gasteiger partial charge in [0.15, 0.2) is 0 Å². The Hall–Kier alpha value is -0.120. The van der Waals surface area contributed by atoms with E-state index >= 15 is 0 Å². The molecule has 1 N–H and O–H groups in total. The zero-order valence-corrected chi connectivity index (χ0v) is 13.6. The minimum atomic E-state index is 0.925. The highest BCUT2D eigenvalue weighted by atomic mass is 15.3. The second-order valence-electron chi connectivity index (χ2n) is 6.63. The fourth-order valence-electron chi connectivity index (χ4n) is 3.66. The van der Waals surface area contributed by atoms with Crippen molar-refractivity contribution in [3.63, 3.8) is 0 Å². The van der Waals surface area contributed by atoms with Gasteiger partial charge in [-0.25, -0.2) is 0 Å². The van der Waals surface area contributed by atoms with Crippen LogP contribution in [0.15, 0.2) is 0 Å². The Morgan fingerprint density at radius 3 is 2.35 bits per heavy atom. The molecule has 1 heterocycles. The molecule has 3 heteroatoms. The monoisotopic (exact) mass is 281 g/mol. The maximum absolute atomic E-state index is 3.60. The minimum absolute atomic E-state index is 0.925. The number of hydrogen-bond acceptors (Lipinski definition) is 3. The first-order valence-corrected chi connectivity index (χ1v) is 9.07. The molecule has 118 valence electrons. The van der Waals surface area contributed by atoms with Crippen LogP contribution in [0.25, 0.3) is 0 Å². The van der Waals surface area contributed by atoms with E-state index in [9.17, 15) is 0 Å². The average Bonchev–Trinajstić information content (AvgIpc) is 3.01. The summed E-state index contributed by atoms with van der Waals surface area (Å²) in [6, 6.07) is 0.925. The summed E-state index contributed by atoms with van der Waals surface area (Å²) in [7, 11) is 0. The molecular weight excluding hydrogens is 246 g/mol. The number of hydrogen-bond donors (Lipinski definition) is 1. The number of nitrogens with one attached hydrogen (secondary N) is 1. The number of piperazine rings is 1. The molecule has 0 atom stereocenters. The quantitative estimate of drug-likeness (QED) is 0.656. The van der Waals surface area contributed by atoms with Crippen molar-refractivity contribution in [3.8, 4) is 0 Å². The molecule has 0 bridgehead atoms. The summed E-state index contributed by atoms with van der Waals surface area (Å²) >= 11 is 0. The molecule has 1 aliphatic carbocycles. The van der Waals surface area contributed by atoms with E-state index in [0.29, 0.717) is 0 Å². The molecular formula is C17H35N3. The molecule has 1 saturated heterocycles. The first-order valence-electron chi connectivity index (χ1n) is 9.07. The van der Waals surface area contributed by atoms with Crippen LogP contribution in [0, 0.1) is 0 Å². The highest BCUT2D eigenvalue weighted by Crippen LogP contribution is 2.24. The molecule has 0 amide bonds. The lowest BCUT2D eigenvalue weighted by Gasteiger charge is -2.38. The Balaban J connectivity index is 1.45. The van der Waals surface area contributed by atoms with Crippen molar-refractivity contribution in [1.82, 2.24) is 15.1 Å². The van der Waals surface area contributed by atoms with Crippen LogP contribution in [-0.2, 0) is 0 Å². The van der Waals surface area contributed by atoms with Crippen molar-refractivity contribution < 1.29 is 0 Å². The molecule has 3 nitrogen and oxygen atoms in total. The number of unbranched alkanes of at least 4 members (excludes halogenated alkanes) is 3. The Bertz CT molecular complexity index is 230. The summed E-state index contributed by atoms with van der Waals surface area (Å²) in [6.45, 7) is 11.1. The fraction of sp³-hybridized carbons (Fsp3) is 1.00. The predicted molar refractivity (Wildman–Crippen MR) is 87.3 cm³/mol. The van der Waals surface area contributed by atoms with Gasteiger partial charge in [-0.1, -0.05) is 39.0 Å². The van der Waals surface area contributed by atoms with Gasteiger partial charge in [0.2, 0.25) is 0 Å². The highest BCUT2D eigenvalue weighted by molar-refractivity contribution is 4.82. The van der Waals surface area contributed by atoms with E-state index in [2.05, 4.69) is 22.0 Å². The first kappa shape index (κ1) is 16.3. The summed E-state index contributed by atoms with van der Waals surface area (Å²) in [5.41, 5.74) is 0. The normalized spacial score (nSPS) is 22.6. The third kappa shape index (κ3) is 5.71. The van der Waals surface area contributed by atoms with Gasteiger partial charge in [-0.3, -0.25) is 9.80 Å². The summed E-state index contributed by atoms with van der Waals surface area (Å²) in [5, 5.41) is 3.60. The third-order valence-corrected chi connectivity index (χ3v) is 5.06. The van der Waals surface area contributed by atoms with E-state index in [1.807, 2.05) is 0 Å². The smallest absolute Gasteiger partial charge is 0.0113 e. The zero-order chi connectivity index (χ0) is 14.0. The van der Waals surface area contributed by atoms with Crippen LogP contribution in [-0.4, -0.2) is 61.7 Å². The van der Waals surface area contributed by atoms with Gasteiger partial charge in [0.05, 0.1) is 0 Å². The van der Waals surface area contributed by atoms with Gasteiger partial charge in [0, 0.05) is 45.3 Å². The van der Waals surface area contributed by atoms with Crippen molar-refractivity contribution in [3.05, 3.63) is 0 Å². The molecule has 0 spiro atoms. The van der Waals surface area contributed by atoms with E-state index < -0.39 is 0 Å². The van der Waals surface area contributed by atoms with Crippen LogP contribution < -0.4 is 5.32 Å². The van der Waals surface area contributed by atoms with Crippen molar-refractivity contribution in [2.45, 2.75) is 64.3 Å². The van der Waals surface area contributed by atoms with Crippen LogP contribution >= 0.6 is 0 Å². The fourth-order valence-corrected chi connectivity index (χ4v) is 3.66. The Kier molecular flexibility index (Phi) is 7.92. The van der Waals surface area contributed by atoms with Crippen LogP contribution in [0.3, 0.4) is 0 Å². The van der Waals surface area contributed by atoms with Gasteiger partial charge in [-0.2, -0.15) is 0 Å². The topological polar surface area (TPSA) is 18.5 Å². The van der Waals surface area contributed by atoms with Crippen molar-refractivity contribution >= 4 is 0 Å². The number of nitrogens with zero attached hydrogens (tertiary/aromatic N) is 2. The molecule has 0 radical (unpaired) electrons. The number of rotatable bonds is 9. The van der Waals surface area contributed by atoms with Gasteiger partial charge < -0.3 is 5.32 Å². The summed E-state index contributed by atoms with van der Waals surface area (Å²) in [5.74, 6) is 0. The zero-order valence-electron chi connectivity index (χ0n) is 13.6. The molecule has 2 rings (SSSR count). The molecule has 2 fully saturated rings. The SMILES string of the molecule is CCCCCCNCCN1CCN(C2CCCC2)CC1. The van der Waals surface area contributed by atoms with E-state index in [0.717, 1.165) is 6.04 Å². The first-order chi connectivity index (χ1) is 9.90. The maximum Gasteiger partial charge on any atom is 0.0113 e. The van der Waals surface area contributed by atoms with Gasteiger partial charge in [0.25, 0.3) is 0 Å². The van der Waals surface area contributed by atoms with Gasteiger partial charge >= 0.3 is 0 Å². The molecule has 1 saturated carbocycles. The largest absolute Gasteiger partial charge is 0.315 e. The molecule has 20 heavy (non-hydrogen) atoms. The van der Waals surface area contributed by atoms with Crippen molar-refractivity contribution in [2.24, 2.45) is 0 Å². The summed E-state index contributed by atoms with van der Waals surface area (Å²) in [6.07, 6.45) is 11.3. The van der Waals surface area contributed by atoms with Crippen LogP contribution in [0.5, 0.6) is 0 Å². The van der Waals surface area contributed by atoms with E-state index in [-0.39, 0.29) is 0 Å². The Labute approximate surface area is 126 Å². The van der Waals surface area contributed by atoms with Gasteiger partial charge in [0.1, 0.15) is 0 Å². The Morgan fingerprint density at radius 1 is 0.900 bits per heavy atom.